The van der Waals surface area contributed by atoms with Crippen molar-refractivity contribution in [3.63, 3.8) is 0 Å². The van der Waals surface area contributed by atoms with Crippen LogP contribution in [0.5, 0.6) is 0 Å². The molecule has 3 fully saturated rings. The quantitative estimate of drug-likeness (QED) is 0.827. The van der Waals surface area contributed by atoms with Gasteiger partial charge in [-0.15, -0.1) is 0 Å². The predicted molar refractivity (Wildman–Crippen MR) is 93.5 cm³/mol. The van der Waals surface area contributed by atoms with Gasteiger partial charge in [0.2, 0.25) is 5.91 Å². The highest BCUT2D eigenvalue weighted by molar-refractivity contribution is 5.79. The average Bonchev–Trinajstić information content (AvgIpc) is 2.90. The minimum absolute atomic E-state index is 0.0324. The molecule has 1 amide bonds. The van der Waals surface area contributed by atoms with Crippen LogP contribution in [0, 0.1) is 17.0 Å². The van der Waals surface area contributed by atoms with Gasteiger partial charge in [-0.2, -0.15) is 0 Å². The van der Waals surface area contributed by atoms with Crippen molar-refractivity contribution in [3.8, 4) is 0 Å². The molecule has 0 aliphatic carbocycles. The van der Waals surface area contributed by atoms with E-state index in [2.05, 4.69) is 4.90 Å². The summed E-state index contributed by atoms with van der Waals surface area (Å²) in [6, 6.07) is 4.11. The van der Waals surface area contributed by atoms with Crippen LogP contribution >= 0.6 is 0 Å². The lowest BCUT2D eigenvalue weighted by atomic mass is 9.77. The monoisotopic (exact) mass is 364 g/mol. The van der Waals surface area contributed by atoms with Crippen molar-refractivity contribution in [1.82, 2.24) is 9.80 Å². The van der Waals surface area contributed by atoms with Crippen molar-refractivity contribution in [3.05, 3.63) is 35.4 Å². The first-order valence-corrected chi connectivity index (χ1v) is 9.58. The van der Waals surface area contributed by atoms with Gasteiger partial charge in [0, 0.05) is 44.8 Å². The van der Waals surface area contributed by atoms with Crippen LogP contribution in [0.3, 0.4) is 0 Å². The number of piperidine rings is 1. The second-order valence-corrected chi connectivity index (χ2v) is 8.08. The first-order valence-electron chi connectivity index (χ1n) is 9.58. The van der Waals surface area contributed by atoms with Gasteiger partial charge >= 0.3 is 0 Å². The van der Waals surface area contributed by atoms with E-state index >= 15 is 0 Å². The number of halogens is 2. The van der Waals surface area contributed by atoms with Crippen LogP contribution in [0.2, 0.25) is 0 Å². The molecule has 26 heavy (non-hydrogen) atoms. The third-order valence-corrected chi connectivity index (χ3v) is 6.27. The van der Waals surface area contributed by atoms with E-state index < -0.39 is 11.6 Å². The van der Waals surface area contributed by atoms with Crippen molar-refractivity contribution in [2.75, 3.05) is 32.8 Å². The molecule has 4 nitrogen and oxygen atoms in total. The van der Waals surface area contributed by atoms with Gasteiger partial charge in [-0.1, -0.05) is 0 Å². The zero-order chi connectivity index (χ0) is 18.1. The van der Waals surface area contributed by atoms with Crippen LogP contribution in [0.15, 0.2) is 18.2 Å². The third-order valence-electron chi connectivity index (χ3n) is 6.27. The number of amides is 1. The molecule has 3 saturated heterocycles. The number of hydrogen-bond acceptors (Lipinski definition) is 3. The van der Waals surface area contributed by atoms with Crippen LogP contribution in [-0.4, -0.2) is 54.6 Å². The molecule has 4 rings (SSSR count). The van der Waals surface area contributed by atoms with Crippen LogP contribution in [0.25, 0.3) is 0 Å². The number of likely N-dealkylation sites (tertiary alicyclic amines) is 2. The van der Waals surface area contributed by atoms with Gasteiger partial charge in [0.05, 0.1) is 0 Å². The van der Waals surface area contributed by atoms with Crippen LogP contribution < -0.4 is 0 Å². The molecule has 3 aliphatic rings. The minimum Gasteiger partial charge on any atom is -0.381 e. The Hall–Kier alpha value is -1.53. The lowest BCUT2D eigenvalue weighted by Crippen LogP contribution is -2.47. The maximum Gasteiger partial charge on any atom is 0.223 e. The van der Waals surface area contributed by atoms with Gasteiger partial charge in [0.1, 0.15) is 11.6 Å². The zero-order valence-corrected chi connectivity index (χ0v) is 15.1. The van der Waals surface area contributed by atoms with E-state index in [4.69, 9.17) is 4.74 Å². The molecule has 0 N–H and O–H groups in total. The summed E-state index contributed by atoms with van der Waals surface area (Å²) in [4.78, 5) is 16.8. The molecule has 1 aromatic rings. The summed E-state index contributed by atoms with van der Waals surface area (Å²) in [6.07, 6.45) is 4.80. The Balaban J connectivity index is 1.37. The molecular formula is C20H26F2N2O2. The summed E-state index contributed by atoms with van der Waals surface area (Å²) in [5, 5.41) is 0. The summed E-state index contributed by atoms with van der Waals surface area (Å²) in [6.45, 7) is 4.75. The highest BCUT2D eigenvalue weighted by Gasteiger charge is 2.45. The van der Waals surface area contributed by atoms with E-state index in [0.717, 1.165) is 58.1 Å². The SMILES string of the molecule is O=C1CC2(CCN(C3CCOCC3)CC2)CN1Cc1cc(F)cc(F)c1. The molecule has 142 valence electrons. The maximum atomic E-state index is 13.4. The molecule has 0 bridgehead atoms. The number of carbonyl (C=O) groups is 1. The largest absolute Gasteiger partial charge is 0.381 e. The number of nitrogens with zero attached hydrogens (tertiary/aromatic N) is 2. The summed E-state index contributed by atoms with van der Waals surface area (Å²) in [5.41, 5.74) is 0.553. The first kappa shape index (κ1) is 17.9. The molecule has 1 aromatic carbocycles. The normalized spacial score (nSPS) is 24.5. The van der Waals surface area contributed by atoms with E-state index in [1.807, 2.05) is 0 Å². The zero-order valence-electron chi connectivity index (χ0n) is 15.1. The van der Waals surface area contributed by atoms with Crippen molar-refractivity contribution < 1.29 is 18.3 Å². The molecular weight excluding hydrogens is 338 g/mol. The van der Waals surface area contributed by atoms with E-state index in [-0.39, 0.29) is 11.3 Å². The molecule has 0 unspecified atom stereocenters. The van der Waals surface area contributed by atoms with Gasteiger partial charge in [-0.05, 0) is 61.9 Å². The molecule has 6 heteroatoms. The molecule has 0 aromatic heterocycles. The third kappa shape index (κ3) is 3.76. The highest BCUT2D eigenvalue weighted by atomic mass is 19.1. The molecule has 0 radical (unpaired) electrons. The van der Waals surface area contributed by atoms with E-state index in [1.165, 1.54) is 12.1 Å². The summed E-state index contributed by atoms with van der Waals surface area (Å²) in [7, 11) is 0. The Morgan fingerprint density at radius 1 is 1.08 bits per heavy atom. The van der Waals surface area contributed by atoms with E-state index in [1.54, 1.807) is 4.90 Å². The van der Waals surface area contributed by atoms with Crippen molar-refractivity contribution in [2.24, 2.45) is 5.41 Å². The second-order valence-electron chi connectivity index (χ2n) is 8.08. The van der Waals surface area contributed by atoms with E-state index in [9.17, 15) is 13.6 Å². The van der Waals surface area contributed by atoms with Crippen molar-refractivity contribution in [1.29, 1.82) is 0 Å². The van der Waals surface area contributed by atoms with Crippen molar-refractivity contribution in [2.45, 2.75) is 44.7 Å². The molecule has 0 atom stereocenters. The first-order chi connectivity index (χ1) is 12.5. The highest BCUT2D eigenvalue weighted by Crippen LogP contribution is 2.42. The van der Waals surface area contributed by atoms with Gasteiger partial charge in [-0.25, -0.2) is 8.78 Å². The molecule has 0 saturated carbocycles. The number of ether oxygens (including phenoxy) is 1. The lowest BCUT2D eigenvalue weighted by Gasteiger charge is -2.43. The smallest absolute Gasteiger partial charge is 0.223 e. The summed E-state index contributed by atoms with van der Waals surface area (Å²) >= 11 is 0. The minimum atomic E-state index is -0.592. The topological polar surface area (TPSA) is 32.8 Å². The Morgan fingerprint density at radius 2 is 1.73 bits per heavy atom. The van der Waals surface area contributed by atoms with Gasteiger partial charge < -0.3 is 14.5 Å². The fourth-order valence-corrected chi connectivity index (χ4v) is 4.80. The van der Waals surface area contributed by atoms with Crippen LogP contribution in [0.4, 0.5) is 8.78 Å². The Bertz CT molecular complexity index is 648. The van der Waals surface area contributed by atoms with E-state index in [0.29, 0.717) is 31.1 Å². The molecule has 3 heterocycles. The predicted octanol–water partition coefficient (Wildman–Crippen LogP) is 2.96. The number of benzene rings is 1. The van der Waals surface area contributed by atoms with Crippen LogP contribution in [-0.2, 0) is 16.1 Å². The average molecular weight is 364 g/mol. The Kier molecular flexibility index (Phi) is 4.97. The van der Waals surface area contributed by atoms with Crippen molar-refractivity contribution >= 4 is 5.91 Å². The maximum absolute atomic E-state index is 13.4. The summed E-state index contributed by atoms with van der Waals surface area (Å²) < 4.78 is 32.3. The van der Waals surface area contributed by atoms with Gasteiger partial charge in [0.25, 0.3) is 0 Å². The number of rotatable bonds is 3. The Labute approximate surface area is 153 Å². The van der Waals surface area contributed by atoms with Gasteiger partial charge in [-0.3, -0.25) is 4.79 Å². The van der Waals surface area contributed by atoms with Crippen LogP contribution in [0.1, 0.15) is 37.7 Å². The number of carbonyl (C=O) groups excluding carboxylic acids is 1. The standard InChI is InChI=1S/C20H26F2N2O2/c21-16-9-15(10-17(22)11-16)13-24-14-20(12-19(24)25)3-5-23(6-4-20)18-1-7-26-8-2-18/h9-11,18H,1-8,12-14H2. The Morgan fingerprint density at radius 3 is 2.38 bits per heavy atom. The van der Waals surface area contributed by atoms with Gasteiger partial charge in [0.15, 0.2) is 0 Å². The molecule has 3 aliphatic heterocycles. The fraction of sp³-hybridized carbons (Fsp3) is 0.650. The molecule has 1 spiro atoms. The lowest BCUT2D eigenvalue weighted by molar-refractivity contribution is -0.128. The second kappa shape index (κ2) is 7.24. The number of hydrogen-bond donors (Lipinski definition) is 0. The fourth-order valence-electron chi connectivity index (χ4n) is 4.80. The summed E-state index contributed by atoms with van der Waals surface area (Å²) in [5.74, 6) is -1.08.